The molecule has 6 nitrogen and oxygen atoms in total. The van der Waals surface area contributed by atoms with Gasteiger partial charge in [0.2, 0.25) is 0 Å². The van der Waals surface area contributed by atoms with Crippen molar-refractivity contribution in [1.82, 2.24) is 29.9 Å². The van der Waals surface area contributed by atoms with Crippen LogP contribution in [0.2, 0.25) is 0 Å². The van der Waals surface area contributed by atoms with Crippen LogP contribution in [0.3, 0.4) is 0 Å². The third-order valence-electron chi connectivity index (χ3n) is 14.5. The topological polar surface area (TPSA) is 77.3 Å². The standard InChI is InChI=1S/C69H39F9N6/c70-67(71,72)52-28-31-55-58(37-52)82-64(61(79-55)43-10-4-1-5-11-43)46-22-16-40(17-23-46)49-34-50(41-18-24-47(25-19-41)65-62(44-12-6-2-7-13-44)80-56-32-29-53(68(73,74)75)38-59(56)83-65)36-51(35-49)42-20-26-48(27-21-42)66-63(45-14-8-3-9-15-45)81-57-33-30-54(69(76,77)78)39-60(57)84-66/h1-39H. The van der Waals surface area contributed by atoms with Crippen LogP contribution >= 0.6 is 0 Å². The minimum Gasteiger partial charge on any atom is -0.244 e. The number of nitrogens with zero attached hydrogens (tertiary/aromatic N) is 6. The molecule has 0 saturated carbocycles. The summed E-state index contributed by atoms with van der Waals surface area (Å²) in [7, 11) is 0. The minimum atomic E-state index is -4.59. The van der Waals surface area contributed by atoms with Gasteiger partial charge in [0.15, 0.2) is 0 Å². The van der Waals surface area contributed by atoms with Crippen LogP contribution in [0.25, 0.3) is 134 Å². The lowest BCUT2D eigenvalue weighted by Gasteiger charge is -2.15. The Kier molecular flexibility index (Phi) is 13.1. The molecule has 15 heteroatoms. The fraction of sp³-hybridized carbons (Fsp3) is 0.0435. The summed E-state index contributed by atoms with van der Waals surface area (Å²) in [5.41, 5.74) is 9.88. The van der Waals surface area contributed by atoms with Gasteiger partial charge in [0.25, 0.3) is 0 Å². The summed E-state index contributed by atoms with van der Waals surface area (Å²) >= 11 is 0. The van der Waals surface area contributed by atoms with Crippen molar-refractivity contribution in [1.29, 1.82) is 0 Å². The van der Waals surface area contributed by atoms with E-state index in [1.54, 1.807) is 0 Å². The Morgan fingerprint density at radius 1 is 0.179 bits per heavy atom. The summed E-state index contributed by atoms with van der Waals surface area (Å²) in [5, 5.41) is 0. The lowest BCUT2D eigenvalue weighted by atomic mass is 9.91. The number of halogens is 9. The van der Waals surface area contributed by atoms with Crippen molar-refractivity contribution in [3.8, 4) is 101 Å². The molecule has 0 aliphatic carbocycles. The van der Waals surface area contributed by atoms with Gasteiger partial charge in [-0.1, -0.05) is 164 Å². The van der Waals surface area contributed by atoms with E-state index in [-0.39, 0.29) is 16.6 Å². The molecule has 0 bridgehead atoms. The smallest absolute Gasteiger partial charge is 0.244 e. The molecule has 0 unspecified atom stereocenters. The fourth-order valence-corrected chi connectivity index (χ4v) is 10.3. The van der Waals surface area contributed by atoms with E-state index >= 15 is 0 Å². The summed E-state index contributed by atoms with van der Waals surface area (Å²) in [6.45, 7) is 0. The van der Waals surface area contributed by atoms with Crippen molar-refractivity contribution in [2.75, 3.05) is 0 Å². The summed E-state index contributed by atoms with van der Waals surface area (Å²) < 4.78 is 126. The van der Waals surface area contributed by atoms with Crippen molar-refractivity contribution in [3.05, 3.63) is 253 Å². The van der Waals surface area contributed by atoms with Crippen LogP contribution in [0.15, 0.2) is 237 Å². The molecule has 13 aromatic rings. The number of rotatable bonds is 9. The van der Waals surface area contributed by atoms with Crippen LogP contribution in [-0.2, 0) is 18.5 Å². The maximum atomic E-state index is 13.9. The zero-order valence-corrected chi connectivity index (χ0v) is 43.6. The molecule has 0 aliphatic heterocycles. The second-order valence-corrected chi connectivity index (χ2v) is 20.0. The monoisotopic (exact) mass is 1120 g/mol. The SMILES string of the molecule is FC(F)(F)c1ccc2nc(-c3ccccc3)c(-c3ccc(-c4cc(-c5ccc(-c6nc7cc(C(F)(F)F)ccc7nc6-c6ccccc6)cc5)cc(-c5ccc(-c6nc7cc(C(F)(F)F)ccc7nc6-c6ccccc6)cc5)c4)cc3)nc2c1. The van der Waals surface area contributed by atoms with Crippen LogP contribution in [0.5, 0.6) is 0 Å². The Morgan fingerprint density at radius 2 is 0.381 bits per heavy atom. The number of aromatic nitrogens is 6. The fourth-order valence-electron chi connectivity index (χ4n) is 10.3. The van der Waals surface area contributed by atoms with Crippen molar-refractivity contribution >= 4 is 33.1 Å². The Labute approximate surface area is 473 Å². The van der Waals surface area contributed by atoms with Crippen molar-refractivity contribution in [2.24, 2.45) is 0 Å². The molecule has 0 spiro atoms. The Morgan fingerprint density at radius 3 is 0.607 bits per heavy atom. The van der Waals surface area contributed by atoms with E-state index in [2.05, 4.69) is 0 Å². The number of hydrogen-bond donors (Lipinski definition) is 0. The Balaban J connectivity index is 0.932. The second kappa shape index (κ2) is 20.8. The average Bonchev–Trinajstić information content (AvgIpc) is 2.19. The van der Waals surface area contributed by atoms with E-state index < -0.39 is 35.2 Å². The first-order valence-electron chi connectivity index (χ1n) is 26.3. The highest BCUT2D eigenvalue weighted by molar-refractivity contribution is 5.91. The zero-order valence-electron chi connectivity index (χ0n) is 43.6. The van der Waals surface area contributed by atoms with Crippen molar-refractivity contribution in [3.63, 3.8) is 0 Å². The summed E-state index contributed by atoms with van der Waals surface area (Å²) in [6.07, 6.45) is -13.8. The lowest BCUT2D eigenvalue weighted by molar-refractivity contribution is -0.138. The maximum absolute atomic E-state index is 13.9. The van der Waals surface area contributed by atoms with Gasteiger partial charge in [-0.25, -0.2) is 29.9 Å². The lowest BCUT2D eigenvalue weighted by Crippen LogP contribution is -2.05. The van der Waals surface area contributed by atoms with E-state index in [0.717, 1.165) is 86.5 Å². The van der Waals surface area contributed by atoms with Gasteiger partial charge >= 0.3 is 18.5 Å². The van der Waals surface area contributed by atoms with Crippen molar-refractivity contribution in [2.45, 2.75) is 18.5 Å². The second-order valence-electron chi connectivity index (χ2n) is 20.0. The Hall–Kier alpha value is -10.4. The molecule has 0 aliphatic rings. The van der Waals surface area contributed by atoms with E-state index in [0.29, 0.717) is 67.4 Å². The molecule has 408 valence electrons. The highest BCUT2D eigenvalue weighted by Crippen LogP contribution is 2.41. The van der Waals surface area contributed by atoms with Crippen LogP contribution in [-0.4, -0.2) is 29.9 Å². The summed E-state index contributed by atoms with van der Waals surface area (Å²) in [4.78, 5) is 28.9. The minimum absolute atomic E-state index is 0.0806. The van der Waals surface area contributed by atoms with Crippen LogP contribution in [0.4, 0.5) is 39.5 Å². The number of fused-ring (bicyclic) bond motifs is 3. The van der Waals surface area contributed by atoms with Crippen LogP contribution in [0.1, 0.15) is 16.7 Å². The highest BCUT2D eigenvalue weighted by Gasteiger charge is 2.33. The molecular weight excluding hydrogens is 1080 g/mol. The molecule has 0 radical (unpaired) electrons. The van der Waals surface area contributed by atoms with Gasteiger partial charge in [0.05, 0.1) is 84.0 Å². The molecule has 0 amide bonds. The molecule has 0 atom stereocenters. The zero-order chi connectivity index (χ0) is 57.9. The van der Waals surface area contributed by atoms with Gasteiger partial charge in [0.1, 0.15) is 0 Å². The predicted octanol–water partition coefficient (Wildman–Crippen LogP) is 19.6. The van der Waals surface area contributed by atoms with Gasteiger partial charge in [0, 0.05) is 33.4 Å². The van der Waals surface area contributed by atoms with Gasteiger partial charge in [-0.05, 0) is 106 Å². The number of alkyl halides is 9. The number of benzene rings is 10. The molecule has 0 saturated heterocycles. The molecule has 84 heavy (non-hydrogen) atoms. The van der Waals surface area contributed by atoms with Gasteiger partial charge in [-0.3, -0.25) is 0 Å². The molecular formula is C69H39F9N6. The van der Waals surface area contributed by atoms with Crippen LogP contribution in [0, 0.1) is 0 Å². The first-order chi connectivity index (χ1) is 40.5. The van der Waals surface area contributed by atoms with Crippen LogP contribution < -0.4 is 0 Å². The van der Waals surface area contributed by atoms with E-state index in [9.17, 15) is 39.5 Å². The normalized spacial score (nSPS) is 12.1. The van der Waals surface area contributed by atoms with Gasteiger partial charge < -0.3 is 0 Å². The van der Waals surface area contributed by atoms with Crippen molar-refractivity contribution < 1.29 is 39.5 Å². The average molecular weight is 1120 g/mol. The summed E-state index contributed by atoms with van der Waals surface area (Å²) in [6, 6.07) is 66.3. The quantitative estimate of drug-likeness (QED) is 0.134. The Bertz CT molecular complexity index is 4150. The summed E-state index contributed by atoms with van der Waals surface area (Å²) in [5.74, 6) is 0. The number of hydrogen-bond acceptors (Lipinski definition) is 6. The molecule has 10 aromatic carbocycles. The molecule has 0 N–H and O–H groups in total. The first-order valence-corrected chi connectivity index (χ1v) is 26.3. The third kappa shape index (κ3) is 10.5. The largest absolute Gasteiger partial charge is 0.416 e. The van der Waals surface area contributed by atoms with Gasteiger partial charge in [-0.15, -0.1) is 0 Å². The van der Waals surface area contributed by atoms with Gasteiger partial charge in [-0.2, -0.15) is 39.5 Å². The highest BCUT2D eigenvalue weighted by atomic mass is 19.4. The molecule has 13 rings (SSSR count). The predicted molar refractivity (Wildman–Crippen MR) is 310 cm³/mol. The first kappa shape index (κ1) is 52.9. The molecule has 3 heterocycles. The van der Waals surface area contributed by atoms with E-state index in [1.807, 2.05) is 182 Å². The van der Waals surface area contributed by atoms with E-state index in [1.165, 1.54) is 18.2 Å². The molecule has 3 aromatic heterocycles. The maximum Gasteiger partial charge on any atom is 0.416 e. The molecule has 0 fully saturated rings. The third-order valence-corrected chi connectivity index (χ3v) is 14.5. The van der Waals surface area contributed by atoms with E-state index in [4.69, 9.17) is 29.9 Å².